The smallest absolute Gasteiger partial charge is 0.168 e. The molecule has 0 spiro atoms. The Morgan fingerprint density at radius 3 is 2.68 bits per heavy atom. The molecule has 3 rings (SSSR count). The normalized spacial score (nSPS) is 10.6. The van der Waals surface area contributed by atoms with Gasteiger partial charge in [-0.15, -0.1) is 0 Å². The van der Waals surface area contributed by atoms with Crippen LogP contribution in [0.3, 0.4) is 0 Å². The van der Waals surface area contributed by atoms with E-state index in [0.29, 0.717) is 18.7 Å². The van der Waals surface area contributed by atoms with Crippen molar-refractivity contribution in [3.8, 4) is 11.8 Å². The summed E-state index contributed by atoms with van der Waals surface area (Å²) in [6, 6.07) is 17.5. The molecule has 0 atom stereocenters. The second kappa shape index (κ2) is 9.98. The van der Waals surface area contributed by atoms with Crippen LogP contribution in [-0.2, 0) is 19.8 Å². The molecule has 1 N–H and O–H groups in total. The van der Waals surface area contributed by atoms with Gasteiger partial charge in [-0.25, -0.2) is 4.98 Å². The van der Waals surface area contributed by atoms with Gasteiger partial charge in [-0.05, 0) is 30.2 Å². The van der Waals surface area contributed by atoms with Crippen LogP contribution in [-0.4, -0.2) is 20.4 Å². The molecule has 0 saturated carbocycles. The Hall–Kier alpha value is -2.75. The molecule has 5 nitrogen and oxygen atoms in total. The van der Waals surface area contributed by atoms with Crippen molar-refractivity contribution in [2.75, 3.05) is 5.75 Å². The molecular formula is C22H23N3O2S. The standard InChI is InChI=1S/C22H23N3O2S/c1-2-11-28-22-24-13-20(15-26)25(22)14-17-7-9-21(10-8-17)27-16-19-6-4-3-5-18(19)12-23/h3-10,13,26H,2,11,14-16H2,1H3. The maximum absolute atomic E-state index is 9.59. The molecule has 0 aliphatic heterocycles. The Morgan fingerprint density at radius 2 is 1.96 bits per heavy atom. The highest BCUT2D eigenvalue weighted by atomic mass is 32.2. The molecule has 0 fully saturated rings. The fourth-order valence-corrected chi connectivity index (χ4v) is 3.64. The molecule has 0 aliphatic rings. The highest BCUT2D eigenvalue weighted by Crippen LogP contribution is 2.22. The van der Waals surface area contributed by atoms with Crippen molar-refractivity contribution in [1.82, 2.24) is 9.55 Å². The largest absolute Gasteiger partial charge is 0.489 e. The van der Waals surface area contributed by atoms with E-state index in [9.17, 15) is 5.11 Å². The van der Waals surface area contributed by atoms with Crippen LogP contribution in [0, 0.1) is 11.3 Å². The maximum atomic E-state index is 9.59. The minimum Gasteiger partial charge on any atom is -0.489 e. The molecule has 2 aromatic carbocycles. The number of aromatic nitrogens is 2. The molecule has 1 heterocycles. The van der Waals surface area contributed by atoms with E-state index in [-0.39, 0.29) is 6.61 Å². The second-order valence-corrected chi connectivity index (χ2v) is 7.39. The number of ether oxygens (including phenoxy) is 1. The zero-order valence-corrected chi connectivity index (χ0v) is 16.7. The minimum atomic E-state index is -0.0286. The van der Waals surface area contributed by atoms with Crippen LogP contribution in [0.1, 0.15) is 35.7 Å². The molecular weight excluding hydrogens is 370 g/mol. The van der Waals surface area contributed by atoms with Gasteiger partial charge in [0.05, 0.1) is 30.1 Å². The number of hydrogen-bond acceptors (Lipinski definition) is 5. The van der Waals surface area contributed by atoms with E-state index in [1.54, 1.807) is 24.0 Å². The average Bonchev–Trinajstić information content (AvgIpc) is 3.13. The van der Waals surface area contributed by atoms with Crippen molar-refractivity contribution in [2.24, 2.45) is 0 Å². The Kier molecular flexibility index (Phi) is 7.12. The highest BCUT2D eigenvalue weighted by molar-refractivity contribution is 7.99. The summed E-state index contributed by atoms with van der Waals surface area (Å²) < 4.78 is 7.89. The molecule has 144 valence electrons. The lowest BCUT2D eigenvalue weighted by molar-refractivity contribution is 0.270. The molecule has 0 amide bonds. The Bertz CT molecular complexity index is 945. The van der Waals surface area contributed by atoms with Crippen LogP contribution < -0.4 is 4.74 Å². The summed E-state index contributed by atoms with van der Waals surface area (Å²) in [6.07, 6.45) is 2.81. The number of hydrogen-bond donors (Lipinski definition) is 1. The molecule has 6 heteroatoms. The predicted octanol–water partition coefficient (Wildman–Crippen LogP) is 4.38. The van der Waals surface area contributed by atoms with Gasteiger partial charge in [-0.1, -0.05) is 49.0 Å². The Morgan fingerprint density at radius 1 is 1.18 bits per heavy atom. The van der Waals surface area contributed by atoms with E-state index in [1.807, 2.05) is 42.5 Å². The van der Waals surface area contributed by atoms with Gasteiger partial charge >= 0.3 is 0 Å². The maximum Gasteiger partial charge on any atom is 0.168 e. The van der Waals surface area contributed by atoms with Gasteiger partial charge in [-0.2, -0.15) is 5.26 Å². The molecule has 0 aliphatic carbocycles. The quantitative estimate of drug-likeness (QED) is 0.547. The van der Waals surface area contributed by atoms with Crippen LogP contribution in [0.5, 0.6) is 5.75 Å². The van der Waals surface area contributed by atoms with Crippen LogP contribution >= 0.6 is 11.8 Å². The fraction of sp³-hybridized carbons (Fsp3) is 0.273. The van der Waals surface area contributed by atoms with Gasteiger partial charge in [0.15, 0.2) is 5.16 Å². The number of aliphatic hydroxyl groups is 1. The van der Waals surface area contributed by atoms with E-state index < -0.39 is 0 Å². The lowest BCUT2D eigenvalue weighted by Crippen LogP contribution is -2.06. The van der Waals surface area contributed by atoms with E-state index in [1.165, 1.54) is 0 Å². The summed E-state index contributed by atoms with van der Waals surface area (Å²) in [7, 11) is 0. The van der Waals surface area contributed by atoms with E-state index in [2.05, 4.69) is 22.5 Å². The highest BCUT2D eigenvalue weighted by Gasteiger charge is 2.10. The SMILES string of the molecule is CCCSc1ncc(CO)n1Cc1ccc(OCc2ccccc2C#N)cc1. The second-order valence-electron chi connectivity index (χ2n) is 6.33. The first kappa shape index (κ1) is 20.0. The summed E-state index contributed by atoms with van der Waals surface area (Å²) in [4.78, 5) is 4.43. The third kappa shape index (κ3) is 4.94. The van der Waals surface area contributed by atoms with Gasteiger partial charge in [0.2, 0.25) is 0 Å². The number of aliphatic hydroxyl groups excluding tert-OH is 1. The molecule has 0 radical (unpaired) electrons. The lowest BCUT2D eigenvalue weighted by atomic mass is 10.1. The number of rotatable bonds is 9. The van der Waals surface area contributed by atoms with Crippen LogP contribution in [0.15, 0.2) is 59.9 Å². The predicted molar refractivity (Wildman–Crippen MR) is 110 cm³/mol. The average molecular weight is 394 g/mol. The minimum absolute atomic E-state index is 0.0286. The van der Waals surface area contributed by atoms with E-state index in [0.717, 1.165) is 39.9 Å². The Labute approximate surface area is 169 Å². The molecule has 28 heavy (non-hydrogen) atoms. The van der Waals surface area contributed by atoms with Gasteiger partial charge < -0.3 is 14.4 Å². The van der Waals surface area contributed by atoms with Crippen molar-refractivity contribution < 1.29 is 9.84 Å². The summed E-state index contributed by atoms with van der Waals surface area (Å²) in [5.74, 6) is 1.75. The number of nitrogens with zero attached hydrogens (tertiary/aromatic N) is 3. The molecule has 0 unspecified atom stereocenters. The van der Waals surface area contributed by atoms with Crippen molar-refractivity contribution in [3.63, 3.8) is 0 Å². The van der Waals surface area contributed by atoms with Crippen LogP contribution in [0.2, 0.25) is 0 Å². The fourth-order valence-electron chi connectivity index (χ4n) is 2.79. The monoisotopic (exact) mass is 393 g/mol. The molecule has 3 aromatic rings. The van der Waals surface area contributed by atoms with Gasteiger partial charge in [0.1, 0.15) is 12.4 Å². The number of thioether (sulfide) groups is 1. The molecule has 0 saturated heterocycles. The third-order valence-corrected chi connectivity index (χ3v) is 5.49. The van der Waals surface area contributed by atoms with Crippen molar-refractivity contribution in [1.29, 1.82) is 5.26 Å². The van der Waals surface area contributed by atoms with Gasteiger partial charge in [0, 0.05) is 17.9 Å². The molecule has 1 aromatic heterocycles. The first-order valence-corrected chi connectivity index (χ1v) is 10.2. The van der Waals surface area contributed by atoms with Gasteiger partial charge in [-0.3, -0.25) is 0 Å². The van der Waals surface area contributed by atoms with Gasteiger partial charge in [0.25, 0.3) is 0 Å². The van der Waals surface area contributed by atoms with Crippen molar-refractivity contribution >= 4 is 11.8 Å². The van der Waals surface area contributed by atoms with Crippen molar-refractivity contribution in [2.45, 2.75) is 38.3 Å². The summed E-state index contributed by atoms with van der Waals surface area (Å²) in [5.41, 5.74) is 3.42. The number of benzene rings is 2. The summed E-state index contributed by atoms with van der Waals surface area (Å²) in [6.45, 7) is 3.12. The zero-order chi connectivity index (χ0) is 19.8. The van der Waals surface area contributed by atoms with Crippen LogP contribution in [0.4, 0.5) is 0 Å². The third-order valence-electron chi connectivity index (χ3n) is 4.30. The summed E-state index contributed by atoms with van der Waals surface area (Å²) in [5, 5.41) is 19.7. The number of imidazole rings is 1. The van der Waals surface area contributed by atoms with E-state index in [4.69, 9.17) is 10.00 Å². The first-order chi connectivity index (χ1) is 13.7. The zero-order valence-electron chi connectivity index (χ0n) is 15.8. The lowest BCUT2D eigenvalue weighted by Gasteiger charge is -2.12. The first-order valence-electron chi connectivity index (χ1n) is 9.23. The van der Waals surface area contributed by atoms with Crippen LogP contribution in [0.25, 0.3) is 0 Å². The van der Waals surface area contributed by atoms with Crippen molar-refractivity contribution in [3.05, 3.63) is 77.1 Å². The topological polar surface area (TPSA) is 71.1 Å². The number of nitriles is 1. The molecule has 0 bridgehead atoms. The Balaban J connectivity index is 1.67. The summed E-state index contributed by atoms with van der Waals surface area (Å²) >= 11 is 1.70. The van der Waals surface area contributed by atoms with E-state index >= 15 is 0 Å².